The van der Waals surface area contributed by atoms with Crippen molar-refractivity contribution in [1.29, 1.82) is 0 Å². The monoisotopic (exact) mass is 200 g/mol. The van der Waals surface area contributed by atoms with E-state index in [1.165, 1.54) is 4.90 Å². The Morgan fingerprint density at radius 2 is 2.36 bits per heavy atom. The lowest BCUT2D eigenvalue weighted by molar-refractivity contribution is -0.141. The quantitative estimate of drug-likeness (QED) is 0.694. The molecule has 1 unspecified atom stereocenters. The smallest absolute Gasteiger partial charge is 0.328 e. The number of urea groups is 1. The lowest BCUT2D eigenvalue weighted by atomic mass is 10.1. The van der Waals surface area contributed by atoms with Gasteiger partial charge in [0.2, 0.25) is 0 Å². The van der Waals surface area contributed by atoms with Crippen molar-refractivity contribution in [2.45, 2.75) is 26.3 Å². The van der Waals surface area contributed by atoms with E-state index < -0.39 is 12.0 Å². The minimum atomic E-state index is -0.938. The van der Waals surface area contributed by atoms with Crippen LogP contribution in [0.2, 0.25) is 0 Å². The summed E-state index contributed by atoms with van der Waals surface area (Å²) >= 11 is 0. The molecule has 80 valence electrons. The van der Waals surface area contributed by atoms with Gasteiger partial charge in [0.05, 0.1) is 6.54 Å². The molecule has 5 nitrogen and oxygen atoms in total. The summed E-state index contributed by atoms with van der Waals surface area (Å²) in [5, 5.41) is 11.4. The van der Waals surface area contributed by atoms with Crippen molar-refractivity contribution in [3.8, 4) is 0 Å². The number of hydrogen-bond donors (Lipinski definition) is 2. The molecular formula is C9H16N2O3. The average Bonchev–Trinajstić information content (AvgIpc) is 2.43. The van der Waals surface area contributed by atoms with Crippen molar-refractivity contribution in [3.63, 3.8) is 0 Å². The van der Waals surface area contributed by atoms with Crippen molar-refractivity contribution < 1.29 is 14.7 Å². The van der Waals surface area contributed by atoms with E-state index in [1.54, 1.807) is 0 Å². The third-order valence-corrected chi connectivity index (χ3v) is 2.32. The molecule has 1 saturated heterocycles. The van der Waals surface area contributed by atoms with E-state index in [9.17, 15) is 9.59 Å². The maximum absolute atomic E-state index is 11.3. The molecule has 0 aromatic carbocycles. The lowest BCUT2D eigenvalue weighted by Gasteiger charge is -2.20. The highest BCUT2D eigenvalue weighted by atomic mass is 16.4. The van der Waals surface area contributed by atoms with E-state index in [2.05, 4.69) is 5.32 Å². The average molecular weight is 200 g/mol. The highest BCUT2D eigenvalue weighted by Gasteiger charge is 2.35. The number of nitrogens with one attached hydrogen (secondary N) is 1. The summed E-state index contributed by atoms with van der Waals surface area (Å²) in [7, 11) is 0. The third kappa shape index (κ3) is 2.37. The van der Waals surface area contributed by atoms with Crippen molar-refractivity contribution in [1.82, 2.24) is 10.2 Å². The summed E-state index contributed by atoms with van der Waals surface area (Å²) in [5.74, 6) is -0.468. The Balaban J connectivity index is 2.54. The molecular weight excluding hydrogens is 184 g/mol. The van der Waals surface area contributed by atoms with Gasteiger partial charge in [0, 0.05) is 6.54 Å². The van der Waals surface area contributed by atoms with Crippen LogP contribution in [0.1, 0.15) is 20.3 Å². The van der Waals surface area contributed by atoms with Crippen LogP contribution in [0, 0.1) is 5.92 Å². The van der Waals surface area contributed by atoms with Gasteiger partial charge in [0.25, 0.3) is 0 Å². The topological polar surface area (TPSA) is 69.6 Å². The van der Waals surface area contributed by atoms with Crippen molar-refractivity contribution in [2.24, 2.45) is 5.92 Å². The van der Waals surface area contributed by atoms with Crippen molar-refractivity contribution in [2.75, 3.05) is 13.1 Å². The fraction of sp³-hybridized carbons (Fsp3) is 0.778. The van der Waals surface area contributed by atoms with Gasteiger partial charge < -0.3 is 15.3 Å². The molecule has 0 bridgehead atoms. The summed E-state index contributed by atoms with van der Waals surface area (Å²) in [4.78, 5) is 23.4. The molecule has 1 aliphatic heterocycles. The first kappa shape index (κ1) is 10.8. The van der Waals surface area contributed by atoms with Gasteiger partial charge in [0.1, 0.15) is 6.04 Å². The summed E-state index contributed by atoms with van der Waals surface area (Å²) in [6, 6.07) is -0.959. The molecule has 14 heavy (non-hydrogen) atoms. The van der Waals surface area contributed by atoms with E-state index in [4.69, 9.17) is 5.11 Å². The number of aliphatic carboxylic acids is 1. The first-order valence-corrected chi connectivity index (χ1v) is 4.79. The Labute approximate surface area is 83.1 Å². The van der Waals surface area contributed by atoms with Gasteiger partial charge in [-0.05, 0) is 12.3 Å². The SMILES string of the molecule is CC(C)CCN1C(=O)NCC1C(=O)O. The second-order valence-corrected chi connectivity index (χ2v) is 3.92. The molecule has 0 spiro atoms. The van der Waals surface area contributed by atoms with Crippen LogP contribution < -0.4 is 5.32 Å². The molecule has 1 rings (SSSR count). The van der Waals surface area contributed by atoms with Gasteiger partial charge in [-0.25, -0.2) is 9.59 Å². The zero-order valence-electron chi connectivity index (χ0n) is 8.49. The molecule has 0 saturated carbocycles. The molecule has 2 N–H and O–H groups in total. The molecule has 1 fully saturated rings. The number of carbonyl (C=O) groups excluding carboxylic acids is 1. The van der Waals surface area contributed by atoms with Crippen LogP contribution >= 0.6 is 0 Å². The first-order chi connectivity index (χ1) is 6.52. The minimum absolute atomic E-state index is 0.215. The van der Waals surface area contributed by atoms with Crippen LogP contribution in [0.25, 0.3) is 0 Å². The predicted octanol–water partition coefficient (Wildman–Crippen LogP) is 0.511. The van der Waals surface area contributed by atoms with Gasteiger partial charge in [-0.15, -0.1) is 0 Å². The number of hydrogen-bond acceptors (Lipinski definition) is 2. The predicted molar refractivity (Wildman–Crippen MR) is 51.0 cm³/mol. The maximum Gasteiger partial charge on any atom is 0.328 e. The molecule has 0 aliphatic carbocycles. The molecule has 1 atom stereocenters. The maximum atomic E-state index is 11.3. The van der Waals surface area contributed by atoms with Crippen LogP contribution in [-0.4, -0.2) is 41.1 Å². The van der Waals surface area contributed by atoms with E-state index in [0.717, 1.165) is 6.42 Å². The number of amides is 2. The van der Waals surface area contributed by atoms with E-state index in [-0.39, 0.29) is 12.6 Å². The largest absolute Gasteiger partial charge is 0.480 e. The van der Waals surface area contributed by atoms with E-state index >= 15 is 0 Å². The van der Waals surface area contributed by atoms with Crippen LogP contribution in [0.5, 0.6) is 0 Å². The van der Waals surface area contributed by atoms with Gasteiger partial charge in [-0.1, -0.05) is 13.8 Å². The van der Waals surface area contributed by atoms with Gasteiger partial charge in [-0.2, -0.15) is 0 Å². The second kappa shape index (κ2) is 4.30. The third-order valence-electron chi connectivity index (χ3n) is 2.32. The molecule has 0 aromatic heterocycles. The highest BCUT2D eigenvalue weighted by molar-refractivity contribution is 5.86. The van der Waals surface area contributed by atoms with E-state index in [1.807, 2.05) is 13.8 Å². The fourth-order valence-corrected chi connectivity index (χ4v) is 1.41. The Kier molecular flexibility index (Phi) is 3.33. The Bertz CT molecular complexity index is 240. The molecule has 0 radical (unpaired) electrons. The second-order valence-electron chi connectivity index (χ2n) is 3.92. The van der Waals surface area contributed by atoms with Gasteiger partial charge in [-0.3, -0.25) is 0 Å². The normalized spacial score (nSPS) is 21.5. The molecule has 0 aromatic rings. The molecule has 1 aliphatic rings. The van der Waals surface area contributed by atoms with Crippen LogP contribution in [0.3, 0.4) is 0 Å². The minimum Gasteiger partial charge on any atom is -0.480 e. The van der Waals surface area contributed by atoms with Crippen molar-refractivity contribution in [3.05, 3.63) is 0 Å². The molecule has 1 heterocycles. The highest BCUT2D eigenvalue weighted by Crippen LogP contribution is 2.10. The zero-order valence-corrected chi connectivity index (χ0v) is 8.49. The first-order valence-electron chi connectivity index (χ1n) is 4.79. The Morgan fingerprint density at radius 1 is 1.71 bits per heavy atom. The summed E-state index contributed by atoms with van der Waals surface area (Å²) in [6.07, 6.45) is 0.831. The number of carbonyl (C=O) groups is 2. The van der Waals surface area contributed by atoms with E-state index in [0.29, 0.717) is 12.5 Å². The fourth-order valence-electron chi connectivity index (χ4n) is 1.41. The summed E-state index contributed by atoms with van der Waals surface area (Å²) in [5.41, 5.74) is 0. The molecule has 5 heteroatoms. The Morgan fingerprint density at radius 3 is 2.86 bits per heavy atom. The number of carboxylic acids is 1. The van der Waals surface area contributed by atoms with Crippen LogP contribution in [0.15, 0.2) is 0 Å². The molecule has 2 amide bonds. The van der Waals surface area contributed by atoms with Gasteiger partial charge >= 0.3 is 12.0 Å². The zero-order chi connectivity index (χ0) is 10.7. The van der Waals surface area contributed by atoms with Crippen molar-refractivity contribution >= 4 is 12.0 Å². The summed E-state index contributed by atoms with van der Waals surface area (Å²) in [6.45, 7) is 4.82. The Hall–Kier alpha value is -1.26. The van der Waals surface area contributed by atoms with Gasteiger partial charge in [0.15, 0.2) is 0 Å². The van der Waals surface area contributed by atoms with Crippen LogP contribution in [0.4, 0.5) is 4.79 Å². The van der Waals surface area contributed by atoms with Crippen LogP contribution in [-0.2, 0) is 4.79 Å². The number of carboxylic acid groups (broad SMARTS) is 1. The summed E-state index contributed by atoms with van der Waals surface area (Å²) < 4.78 is 0. The lowest BCUT2D eigenvalue weighted by Crippen LogP contribution is -2.40. The number of nitrogens with zero attached hydrogens (tertiary/aromatic N) is 1. The standard InChI is InChI=1S/C9H16N2O3/c1-6(2)3-4-11-7(8(12)13)5-10-9(11)14/h6-7H,3-5H2,1-2H3,(H,10,14)(H,12,13). The number of rotatable bonds is 4.